The Balaban J connectivity index is 1.36. The molecule has 2 aromatic rings. The van der Waals surface area contributed by atoms with Gasteiger partial charge in [0.2, 0.25) is 0 Å². The van der Waals surface area contributed by atoms with Gasteiger partial charge in [0.05, 0.1) is 11.7 Å². The van der Waals surface area contributed by atoms with Crippen LogP contribution in [0.2, 0.25) is 0 Å². The minimum Gasteiger partial charge on any atom is -0.367 e. The third-order valence-electron chi connectivity index (χ3n) is 5.78. The monoisotopic (exact) mass is 368 g/mol. The second-order valence-corrected chi connectivity index (χ2v) is 7.58. The van der Waals surface area contributed by atoms with E-state index >= 15 is 0 Å². The number of benzene rings is 1. The number of hydrogen-bond donors (Lipinski definition) is 2. The minimum absolute atomic E-state index is 0.132. The van der Waals surface area contributed by atoms with Gasteiger partial charge in [0, 0.05) is 24.8 Å². The number of nitrogens with zero attached hydrogens (tertiary/aromatic N) is 4. The van der Waals surface area contributed by atoms with E-state index in [1.54, 1.807) is 0 Å². The molecular weight excluding hydrogens is 340 g/mol. The van der Waals surface area contributed by atoms with Crippen LogP contribution in [0.5, 0.6) is 0 Å². The Morgan fingerprint density at radius 3 is 2.89 bits per heavy atom. The van der Waals surface area contributed by atoms with Gasteiger partial charge in [-0.15, -0.1) is 5.10 Å². The highest BCUT2D eigenvalue weighted by Crippen LogP contribution is 2.31. The van der Waals surface area contributed by atoms with Crippen molar-refractivity contribution in [2.24, 2.45) is 0 Å². The number of piperidine rings is 1. The second kappa shape index (κ2) is 7.68. The molecule has 1 aromatic heterocycles. The number of nitrogens with one attached hydrogen (secondary N) is 2. The number of anilines is 1. The van der Waals surface area contributed by atoms with Crippen LogP contribution in [0.25, 0.3) is 0 Å². The first kappa shape index (κ1) is 18.0. The van der Waals surface area contributed by atoms with Crippen molar-refractivity contribution in [1.82, 2.24) is 25.6 Å². The first-order chi connectivity index (χ1) is 13.1. The number of carbonyl (C=O) groups is 1. The molecule has 0 radical (unpaired) electrons. The van der Waals surface area contributed by atoms with Crippen molar-refractivity contribution in [3.63, 3.8) is 0 Å². The molecule has 0 unspecified atom stereocenters. The van der Waals surface area contributed by atoms with Crippen LogP contribution in [-0.4, -0.2) is 53.1 Å². The number of fused-ring (bicyclic) bond motifs is 1. The van der Waals surface area contributed by atoms with Gasteiger partial charge in [-0.3, -0.25) is 4.79 Å². The Bertz CT molecular complexity index is 811. The lowest BCUT2D eigenvalue weighted by Gasteiger charge is -2.25. The molecule has 1 atom stereocenters. The summed E-state index contributed by atoms with van der Waals surface area (Å²) in [6.07, 6.45) is 3.11. The number of aromatic nitrogens is 3. The average molecular weight is 368 g/mol. The van der Waals surface area contributed by atoms with Crippen LogP contribution in [-0.2, 0) is 6.42 Å². The molecule has 0 aliphatic carbocycles. The van der Waals surface area contributed by atoms with E-state index in [9.17, 15) is 4.79 Å². The van der Waals surface area contributed by atoms with Gasteiger partial charge in [-0.05, 0) is 57.8 Å². The number of carbonyl (C=O) groups excluding carboxylic acids is 1. The van der Waals surface area contributed by atoms with Crippen molar-refractivity contribution in [3.8, 4) is 0 Å². The van der Waals surface area contributed by atoms with Crippen LogP contribution < -0.4 is 15.5 Å². The van der Waals surface area contributed by atoms with Gasteiger partial charge in [0.25, 0.3) is 5.91 Å². The smallest absolute Gasteiger partial charge is 0.273 e. The van der Waals surface area contributed by atoms with E-state index in [4.69, 9.17) is 0 Å². The maximum atomic E-state index is 12.6. The molecule has 0 spiro atoms. The molecule has 7 heteroatoms. The fraction of sp³-hybridized carbons (Fsp3) is 0.550. The fourth-order valence-corrected chi connectivity index (χ4v) is 4.29. The number of hydrogen-bond acceptors (Lipinski definition) is 5. The van der Waals surface area contributed by atoms with Crippen molar-refractivity contribution in [2.75, 3.05) is 31.1 Å². The summed E-state index contributed by atoms with van der Waals surface area (Å²) in [5.74, 6) is -0.132. The molecular formula is C20H28N6O. The van der Waals surface area contributed by atoms with Crippen molar-refractivity contribution in [1.29, 1.82) is 0 Å². The standard InChI is InChI=1S/C20H28N6O/c1-14-13-16-5-3-4-6-18(16)25(14)12-11-22-20(27)19-15(2)26(24-23-19)17-7-9-21-10-8-17/h3-6,14,17,21H,7-13H2,1-2H3,(H,22,27)/t14-/m0/s1. The molecule has 7 nitrogen and oxygen atoms in total. The minimum atomic E-state index is -0.132. The Hall–Kier alpha value is -2.41. The van der Waals surface area contributed by atoms with E-state index < -0.39 is 0 Å². The van der Waals surface area contributed by atoms with Crippen molar-refractivity contribution in [2.45, 2.75) is 45.2 Å². The zero-order valence-corrected chi connectivity index (χ0v) is 16.1. The predicted octanol–water partition coefficient (Wildman–Crippen LogP) is 1.69. The van der Waals surface area contributed by atoms with Crippen LogP contribution in [0.1, 0.15) is 47.6 Å². The quantitative estimate of drug-likeness (QED) is 0.840. The summed E-state index contributed by atoms with van der Waals surface area (Å²) >= 11 is 0. The third-order valence-corrected chi connectivity index (χ3v) is 5.78. The van der Waals surface area contributed by atoms with E-state index in [1.807, 2.05) is 11.6 Å². The van der Waals surface area contributed by atoms with E-state index in [0.29, 0.717) is 24.3 Å². The SMILES string of the molecule is Cc1c(C(=O)NCCN2c3ccccc3C[C@@H]2C)nnn1C1CCNCC1. The largest absolute Gasteiger partial charge is 0.367 e. The summed E-state index contributed by atoms with van der Waals surface area (Å²) in [7, 11) is 0. The number of rotatable bonds is 5. The van der Waals surface area contributed by atoms with Gasteiger partial charge in [-0.1, -0.05) is 23.4 Å². The molecule has 144 valence electrons. The van der Waals surface area contributed by atoms with Crippen LogP contribution in [0, 0.1) is 6.92 Å². The lowest BCUT2D eigenvalue weighted by molar-refractivity contribution is 0.0948. The van der Waals surface area contributed by atoms with Crippen LogP contribution >= 0.6 is 0 Å². The summed E-state index contributed by atoms with van der Waals surface area (Å²) in [4.78, 5) is 15.0. The molecule has 1 aromatic carbocycles. The maximum absolute atomic E-state index is 12.6. The molecule has 1 saturated heterocycles. The molecule has 2 N–H and O–H groups in total. The Kier molecular flexibility index (Phi) is 5.11. The van der Waals surface area contributed by atoms with Gasteiger partial charge in [-0.25, -0.2) is 4.68 Å². The second-order valence-electron chi connectivity index (χ2n) is 7.58. The predicted molar refractivity (Wildman–Crippen MR) is 105 cm³/mol. The van der Waals surface area contributed by atoms with E-state index in [-0.39, 0.29) is 5.91 Å². The molecule has 2 aliphatic heterocycles. The molecule has 27 heavy (non-hydrogen) atoms. The van der Waals surface area contributed by atoms with Crippen LogP contribution in [0.15, 0.2) is 24.3 Å². The van der Waals surface area contributed by atoms with E-state index in [0.717, 1.165) is 44.6 Å². The first-order valence-electron chi connectivity index (χ1n) is 9.90. The van der Waals surface area contributed by atoms with Crippen molar-refractivity contribution in [3.05, 3.63) is 41.2 Å². The summed E-state index contributed by atoms with van der Waals surface area (Å²) in [6.45, 7) is 7.54. The van der Waals surface area contributed by atoms with Crippen LogP contribution in [0.4, 0.5) is 5.69 Å². The Morgan fingerprint density at radius 2 is 2.07 bits per heavy atom. The van der Waals surface area contributed by atoms with Gasteiger partial charge in [0.15, 0.2) is 5.69 Å². The summed E-state index contributed by atoms with van der Waals surface area (Å²) in [5.41, 5.74) is 3.98. The molecule has 2 aliphatic rings. The number of para-hydroxylation sites is 1. The van der Waals surface area contributed by atoms with Crippen LogP contribution in [0.3, 0.4) is 0 Å². The summed E-state index contributed by atoms with van der Waals surface area (Å²) in [5, 5.41) is 14.8. The molecule has 4 rings (SSSR count). The van der Waals surface area contributed by atoms with Gasteiger partial charge in [0.1, 0.15) is 0 Å². The molecule has 0 saturated carbocycles. The summed E-state index contributed by atoms with van der Waals surface area (Å²) in [6, 6.07) is 9.31. The topological polar surface area (TPSA) is 75.1 Å². The molecule has 1 amide bonds. The molecule has 0 bridgehead atoms. The summed E-state index contributed by atoms with van der Waals surface area (Å²) < 4.78 is 1.93. The highest BCUT2D eigenvalue weighted by molar-refractivity contribution is 5.93. The highest BCUT2D eigenvalue weighted by atomic mass is 16.2. The van der Waals surface area contributed by atoms with E-state index in [1.165, 1.54) is 11.3 Å². The highest BCUT2D eigenvalue weighted by Gasteiger charge is 2.26. The fourth-order valence-electron chi connectivity index (χ4n) is 4.29. The zero-order valence-electron chi connectivity index (χ0n) is 16.1. The zero-order chi connectivity index (χ0) is 18.8. The maximum Gasteiger partial charge on any atom is 0.273 e. The van der Waals surface area contributed by atoms with Crippen molar-refractivity contribution >= 4 is 11.6 Å². The van der Waals surface area contributed by atoms with Gasteiger partial charge in [-0.2, -0.15) is 0 Å². The normalized spacial score (nSPS) is 19.9. The van der Waals surface area contributed by atoms with Crippen molar-refractivity contribution < 1.29 is 4.79 Å². The lowest BCUT2D eigenvalue weighted by atomic mass is 10.1. The van der Waals surface area contributed by atoms with Gasteiger partial charge >= 0.3 is 0 Å². The third kappa shape index (κ3) is 3.56. The van der Waals surface area contributed by atoms with E-state index in [2.05, 4.69) is 57.0 Å². The van der Waals surface area contributed by atoms with Gasteiger partial charge < -0.3 is 15.5 Å². The Labute approximate surface area is 160 Å². The first-order valence-corrected chi connectivity index (χ1v) is 9.90. The Morgan fingerprint density at radius 1 is 1.30 bits per heavy atom. The lowest BCUT2D eigenvalue weighted by Crippen LogP contribution is -2.38. The average Bonchev–Trinajstić information content (AvgIpc) is 3.22. The number of amides is 1. The molecule has 3 heterocycles. The molecule has 1 fully saturated rings.